The Hall–Kier alpha value is -3.57. The second-order valence-corrected chi connectivity index (χ2v) is 15.8. The molecule has 4 saturated carbocycles. The van der Waals surface area contributed by atoms with E-state index in [4.69, 9.17) is 23.2 Å². The third kappa shape index (κ3) is 7.13. The topological polar surface area (TPSA) is 54.5 Å². The van der Waals surface area contributed by atoms with Gasteiger partial charge >= 0.3 is 0 Å². The van der Waals surface area contributed by atoms with Crippen molar-refractivity contribution in [3.8, 4) is 0 Å². The summed E-state index contributed by atoms with van der Waals surface area (Å²) in [5.74, 6) is 1.25. The first-order valence-corrected chi connectivity index (χ1v) is 18.9. The number of hydrogen-bond acceptors (Lipinski definition) is 4. The molecule has 0 radical (unpaired) electrons. The van der Waals surface area contributed by atoms with Gasteiger partial charge in [0.05, 0.1) is 0 Å². The molecule has 5 aliphatic rings. The zero-order valence-corrected chi connectivity index (χ0v) is 30.2. The van der Waals surface area contributed by atoms with Gasteiger partial charge < -0.3 is 0 Å². The molecule has 5 fully saturated rings. The van der Waals surface area contributed by atoms with Crippen molar-refractivity contribution in [2.45, 2.75) is 81.1 Å². The van der Waals surface area contributed by atoms with Gasteiger partial charge in [0.2, 0.25) is 0 Å². The van der Waals surface area contributed by atoms with Crippen LogP contribution in [-0.2, 0) is 14.4 Å². The highest BCUT2D eigenvalue weighted by atomic mass is 35.5. The van der Waals surface area contributed by atoms with Gasteiger partial charge in [-0.05, 0) is 104 Å². The molecule has 50 heavy (non-hydrogen) atoms. The number of carbonyl (C=O) groups excluding carboxylic acids is 3. The fraction of sp³-hybridized carbons (Fsp3) is 0.386. The molecule has 7 atom stereocenters. The van der Waals surface area contributed by atoms with Crippen LogP contribution in [-0.4, -0.2) is 40.9 Å². The molecule has 4 aliphatic carbocycles. The molecule has 0 aromatic heterocycles. The van der Waals surface area contributed by atoms with Crippen LogP contribution in [0.5, 0.6) is 0 Å². The second-order valence-electron chi connectivity index (χ2n) is 14.9. The normalized spacial score (nSPS) is 29.3. The third-order valence-electron chi connectivity index (χ3n) is 12.0. The van der Waals surface area contributed by atoms with E-state index in [1.54, 1.807) is 6.92 Å². The average molecular weight is 707 g/mol. The van der Waals surface area contributed by atoms with Crippen LogP contribution in [0.2, 0.25) is 10.0 Å². The number of fused-ring (bicyclic) bond motifs is 3. The average Bonchev–Trinajstić information content (AvgIpc) is 3.69. The summed E-state index contributed by atoms with van der Waals surface area (Å²) in [5.41, 5.74) is 4.73. The summed E-state index contributed by atoms with van der Waals surface area (Å²) in [7, 11) is 0. The van der Waals surface area contributed by atoms with Crippen molar-refractivity contribution >= 4 is 40.6 Å². The number of halogens is 2. The van der Waals surface area contributed by atoms with Crippen LogP contribution in [0.4, 0.5) is 0 Å². The molecule has 0 spiro atoms. The van der Waals surface area contributed by atoms with Gasteiger partial charge in [0.1, 0.15) is 17.3 Å². The van der Waals surface area contributed by atoms with Crippen molar-refractivity contribution in [3.05, 3.63) is 141 Å². The number of carbonyl (C=O) groups is 3. The Kier molecular flexibility index (Phi) is 10.4. The highest BCUT2D eigenvalue weighted by Gasteiger charge is 2.58. The Morgan fingerprint density at radius 2 is 1.04 bits per heavy atom. The van der Waals surface area contributed by atoms with E-state index in [0.717, 1.165) is 48.5 Å². The first kappa shape index (κ1) is 34.9. The van der Waals surface area contributed by atoms with Gasteiger partial charge in [-0.15, -0.1) is 0 Å². The molecule has 0 amide bonds. The van der Waals surface area contributed by atoms with Crippen LogP contribution >= 0.6 is 23.2 Å². The predicted octanol–water partition coefficient (Wildman–Crippen LogP) is 10.2. The summed E-state index contributed by atoms with van der Waals surface area (Å²) in [4.78, 5) is 40.8. The second kappa shape index (κ2) is 15.0. The molecule has 2 bridgehead atoms. The number of ketones is 3. The molecule has 7 unspecified atom stereocenters. The Labute approximate surface area is 306 Å². The number of likely N-dealkylation sites (tertiary alicyclic amines) is 1. The van der Waals surface area contributed by atoms with E-state index >= 15 is 0 Å². The van der Waals surface area contributed by atoms with Gasteiger partial charge in [0.25, 0.3) is 0 Å². The Bertz CT molecular complexity index is 1800. The summed E-state index contributed by atoms with van der Waals surface area (Å²) < 4.78 is 0. The smallest absolute Gasteiger partial charge is 0.139 e. The van der Waals surface area contributed by atoms with Gasteiger partial charge in [-0.3, -0.25) is 19.3 Å². The van der Waals surface area contributed by atoms with E-state index in [9.17, 15) is 14.4 Å². The molecule has 4 aromatic carbocycles. The molecule has 258 valence electrons. The lowest BCUT2D eigenvalue weighted by atomic mass is 9.52. The Morgan fingerprint density at radius 1 is 0.620 bits per heavy atom. The monoisotopic (exact) mass is 705 g/mol. The summed E-state index contributed by atoms with van der Waals surface area (Å²) in [6.07, 6.45) is 6.37. The van der Waals surface area contributed by atoms with Gasteiger partial charge in [-0.1, -0.05) is 108 Å². The molecule has 1 aliphatic heterocycles. The molecule has 4 aromatic rings. The molecule has 9 rings (SSSR count). The third-order valence-corrected chi connectivity index (χ3v) is 12.5. The SMILES string of the molecule is CC(=O)C1C(c2ccccc2)CC(=O)CC1c1ccc(Cl)cc1.O=C1CC2(N3CCCC3)CC(c3ccccc3)C1C(c1ccc(Cl)cc1)C2. The van der Waals surface area contributed by atoms with Crippen LogP contribution < -0.4 is 0 Å². The zero-order valence-electron chi connectivity index (χ0n) is 28.6. The summed E-state index contributed by atoms with van der Waals surface area (Å²) in [5, 5.41) is 1.43. The standard InChI is InChI=1S/C24H26ClNO.C20H19ClO2/c25-19-10-8-18(9-11-19)21-15-24(26-12-4-5-13-26)14-20(23(21)22(27)16-24)17-6-2-1-3-7-17;1-13(22)20-18(14-5-3-2-4-6-14)11-17(23)12-19(20)15-7-9-16(21)10-8-15/h1-3,6-11,20-21,23H,4-5,12-16H2;2-10,18-20H,11-12H2,1H3. The molecule has 1 heterocycles. The van der Waals surface area contributed by atoms with Crippen LogP contribution in [0.3, 0.4) is 0 Å². The quantitative estimate of drug-likeness (QED) is 0.200. The van der Waals surface area contributed by atoms with Crippen molar-refractivity contribution in [3.63, 3.8) is 0 Å². The van der Waals surface area contributed by atoms with Crippen LogP contribution in [0.15, 0.2) is 109 Å². The van der Waals surface area contributed by atoms with Crippen molar-refractivity contribution in [1.29, 1.82) is 0 Å². The van der Waals surface area contributed by atoms with Crippen molar-refractivity contribution in [2.24, 2.45) is 11.8 Å². The summed E-state index contributed by atoms with van der Waals surface area (Å²) in [6, 6.07) is 36.4. The van der Waals surface area contributed by atoms with E-state index in [2.05, 4.69) is 47.4 Å². The maximum Gasteiger partial charge on any atom is 0.139 e. The predicted molar refractivity (Wildman–Crippen MR) is 201 cm³/mol. The minimum atomic E-state index is -0.170. The van der Waals surface area contributed by atoms with E-state index in [1.807, 2.05) is 66.7 Å². The van der Waals surface area contributed by atoms with Gasteiger partial charge in [0, 0.05) is 58.5 Å². The molecular weight excluding hydrogens is 661 g/mol. The fourth-order valence-electron chi connectivity index (χ4n) is 9.83. The number of rotatable bonds is 6. The first-order valence-electron chi connectivity index (χ1n) is 18.1. The van der Waals surface area contributed by atoms with E-state index < -0.39 is 0 Å². The highest BCUT2D eigenvalue weighted by Crippen LogP contribution is 2.59. The first-order chi connectivity index (χ1) is 24.2. The minimum Gasteiger partial charge on any atom is -0.300 e. The number of hydrogen-bond donors (Lipinski definition) is 0. The van der Waals surface area contributed by atoms with Crippen LogP contribution in [0, 0.1) is 11.8 Å². The highest BCUT2D eigenvalue weighted by molar-refractivity contribution is 6.30. The molecule has 0 N–H and O–H groups in total. The zero-order chi connectivity index (χ0) is 34.8. The van der Waals surface area contributed by atoms with Gasteiger partial charge in [-0.2, -0.15) is 0 Å². The molecule has 1 saturated heterocycles. The molecular formula is C44H45Cl2NO3. The number of benzene rings is 4. The fourth-order valence-corrected chi connectivity index (χ4v) is 10.1. The van der Waals surface area contributed by atoms with Crippen LogP contribution in [0.1, 0.15) is 97.8 Å². The molecule has 6 heteroatoms. The van der Waals surface area contributed by atoms with Gasteiger partial charge in [-0.25, -0.2) is 0 Å². The minimum absolute atomic E-state index is 0.0349. The lowest BCUT2D eigenvalue weighted by Gasteiger charge is -2.57. The van der Waals surface area contributed by atoms with E-state index in [0.29, 0.717) is 35.5 Å². The molecule has 4 nitrogen and oxygen atoms in total. The van der Waals surface area contributed by atoms with Crippen molar-refractivity contribution in [2.75, 3.05) is 13.1 Å². The lowest BCUT2D eigenvalue weighted by Crippen LogP contribution is -2.60. The lowest BCUT2D eigenvalue weighted by molar-refractivity contribution is -0.139. The summed E-state index contributed by atoms with van der Waals surface area (Å²) in [6.45, 7) is 3.93. The van der Waals surface area contributed by atoms with Crippen molar-refractivity contribution in [1.82, 2.24) is 4.90 Å². The van der Waals surface area contributed by atoms with E-state index in [1.165, 1.54) is 24.0 Å². The summed E-state index contributed by atoms with van der Waals surface area (Å²) >= 11 is 12.1. The van der Waals surface area contributed by atoms with E-state index in [-0.39, 0.29) is 40.8 Å². The maximum atomic E-state index is 13.4. The maximum absolute atomic E-state index is 13.4. The number of Topliss-reactive ketones (excluding diaryl/α,β-unsaturated/α-hetero) is 3. The largest absolute Gasteiger partial charge is 0.300 e. The van der Waals surface area contributed by atoms with Crippen LogP contribution in [0.25, 0.3) is 0 Å². The van der Waals surface area contributed by atoms with Crippen molar-refractivity contribution < 1.29 is 14.4 Å². The number of nitrogens with zero attached hydrogens (tertiary/aromatic N) is 1. The Balaban J connectivity index is 0.000000159. The Morgan fingerprint density at radius 3 is 1.50 bits per heavy atom. The van der Waals surface area contributed by atoms with Gasteiger partial charge in [0.15, 0.2) is 0 Å².